The zero-order valence-electron chi connectivity index (χ0n) is 13.7. The van der Waals surface area contributed by atoms with E-state index in [-0.39, 0.29) is 12.1 Å². The van der Waals surface area contributed by atoms with Gasteiger partial charge in [0.25, 0.3) is 0 Å². The van der Waals surface area contributed by atoms with E-state index >= 15 is 0 Å². The highest BCUT2D eigenvalue weighted by Crippen LogP contribution is 2.22. The minimum Gasteiger partial charge on any atom is -0.464 e. The maximum atomic E-state index is 12.1. The van der Waals surface area contributed by atoms with Crippen molar-refractivity contribution in [3.8, 4) is 0 Å². The van der Waals surface area contributed by atoms with Gasteiger partial charge in [-0.1, -0.05) is 38.5 Å². The van der Waals surface area contributed by atoms with Crippen molar-refractivity contribution in [2.24, 2.45) is 0 Å². The van der Waals surface area contributed by atoms with E-state index in [0.717, 1.165) is 48.5 Å². The molecule has 136 valence electrons. The Hall–Kier alpha value is -2.19. The van der Waals surface area contributed by atoms with E-state index in [1.165, 1.54) is 0 Å². The van der Waals surface area contributed by atoms with Crippen LogP contribution in [-0.4, -0.2) is 50.5 Å². The Kier molecular flexibility index (Phi) is 6.51. The van der Waals surface area contributed by atoms with Gasteiger partial charge in [0.15, 0.2) is 0 Å². The van der Waals surface area contributed by atoms with E-state index in [1.54, 1.807) is 0 Å². The maximum Gasteiger partial charge on any atom is 0.426 e. The molecule has 0 bridgehead atoms. The predicted octanol–water partition coefficient (Wildman–Crippen LogP) is 2.74. The van der Waals surface area contributed by atoms with Crippen molar-refractivity contribution in [3.63, 3.8) is 0 Å². The molecule has 0 atom stereocenters. The maximum absolute atomic E-state index is 12.1. The quantitative estimate of drug-likeness (QED) is 0.575. The minimum absolute atomic E-state index is 0.269. The van der Waals surface area contributed by atoms with Crippen LogP contribution >= 0.6 is 0 Å². The molecule has 2 aliphatic rings. The highest BCUT2D eigenvalue weighted by molar-refractivity contribution is 5.79. The molecule has 0 aromatic heterocycles. The topological polar surface area (TPSA) is 122 Å². The van der Waals surface area contributed by atoms with Gasteiger partial charge in [-0.25, -0.2) is 35.3 Å². The lowest BCUT2D eigenvalue weighted by Crippen LogP contribution is -2.60. The van der Waals surface area contributed by atoms with Gasteiger partial charge in [-0.2, -0.15) is 0 Å². The summed E-state index contributed by atoms with van der Waals surface area (Å²) in [6.07, 6.45) is 6.08. The number of nitrogens with one attached hydrogen (secondary N) is 2. The lowest BCUT2D eigenvalue weighted by molar-refractivity contribution is 0.0656. The molecule has 4 amide bonds. The smallest absolute Gasteiger partial charge is 0.426 e. The molecule has 2 aliphatic carbocycles. The standard InChI is InChI=1S/C15H26N4O5/c20-13(16-18(14(21)22)11-7-3-1-4-8-11)17-19(15(23)24)12-9-5-2-6-10-12/h11-12H,1-10H2,(H,21,22)(H,23,24)(H2,16,17,20). The van der Waals surface area contributed by atoms with E-state index < -0.39 is 18.2 Å². The Morgan fingerprint density at radius 3 is 1.29 bits per heavy atom. The molecule has 0 heterocycles. The first-order valence-electron chi connectivity index (χ1n) is 8.60. The number of urea groups is 1. The van der Waals surface area contributed by atoms with Crippen LogP contribution < -0.4 is 10.9 Å². The number of nitrogens with zero attached hydrogens (tertiary/aromatic N) is 2. The van der Waals surface area contributed by atoms with Crippen LogP contribution in [-0.2, 0) is 0 Å². The highest BCUT2D eigenvalue weighted by atomic mass is 16.4. The molecule has 0 unspecified atom stereocenters. The molecule has 0 spiro atoms. The lowest BCUT2D eigenvalue weighted by Gasteiger charge is -2.35. The largest absolute Gasteiger partial charge is 0.464 e. The number of hydrazine groups is 2. The van der Waals surface area contributed by atoms with Gasteiger partial charge in [-0.3, -0.25) is 0 Å². The van der Waals surface area contributed by atoms with Gasteiger partial charge >= 0.3 is 18.2 Å². The Balaban J connectivity index is 1.94. The Labute approximate surface area is 140 Å². The zero-order chi connectivity index (χ0) is 17.5. The van der Waals surface area contributed by atoms with Crippen molar-refractivity contribution < 1.29 is 24.6 Å². The lowest BCUT2D eigenvalue weighted by atomic mass is 9.95. The van der Waals surface area contributed by atoms with Crippen LogP contribution in [0, 0.1) is 0 Å². The van der Waals surface area contributed by atoms with Gasteiger partial charge in [-0.05, 0) is 25.7 Å². The van der Waals surface area contributed by atoms with Crippen molar-refractivity contribution in [2.45, 2.75) is 76.3 Å². The molecule has 24 heavy (non-hydrogen) atoms. The van der Waals surface area contributed by atoms with E-state index in [2.05, 4.69) is 10.9 Å². The van der Waals surface area contributed by atoms with Gasteiger partial charge in [0.05, 0.1) is 12.1 Å². The first-order valence-corrected chi connectivity index (χ1v) is 8.60. The van der Waals surface area contributed by atoms with E-state index in [9.17, 15) is 24.6 Å². The summed E-state index contributed by atoms with van der Waals surface area (Å²) < 4.78 is 0. The average molecular weight is 342 g/mol. The summed E-state index contributed by atoms with van der Waals surface area (Å²) in [7, 11) is 0. The number of carboxylic acid groups (broad SMARTS) is 2. The summed E-state index contributed by atoms with van der Waals surface area (Å²) >= 11 is 0. The molecule has 0 aliphatic heterocycles. The summed E-state index contributed by atoms with van der Waals surface area (Å²) in [5, 5.41) is 20.4. The number of hydrogen-bond acceptors (Lipinski definition) is 3. The summed E-state index contributed by atoms with van der Waals surface area (Å²) in [4.78, 5) is 34.9. The summed E-state index contributed by atoms with van der Waals surface area (Å²) in [6.45, 7) is 0. The molecule has 0 aromatic carbocycles. The molecule has 2 rings (SSSR count). The number of rotatable bonds is 2. The van der Waals surface area contributed by atoms with Crippen molar-refractivity contribution in [1.82, 2.24) is 20.9 Å². The van der Waals surface area contributed by atoms with Gasteiger partial charge < -0.3 is 10.2 Å². The number of hydrogen-bond donors (Lipinski definition) is 4. The normalized spacial score (nSPS) is 19.3. The van der Waals surface area contributed by atoms with E-state index in [0.29, 0.717) is 25.7 Å². The second kappa shape index (κ2) is 8.60. The number of carbonyl (C=O) groups is 3. The average Bonchev–Trinajstić information content (AvgIpc) is 2.58. The van der Waals surface area contributed by atoms with Crippen LogP contribution in [0.5, 0.6) is 0 Å². The molecule has 4 N–H and O–H groups in total. The van der Waals surface area contributed by atoms with Crippen LogP contribution in [0.15, 0.2) is 0 Å². The fraction of sp³-hybridized carbons (Fsp3) is 0.800. The van der Waals surface area contributed by atoms with Crippen molar-refractivity contribution >= 4 is 18.2 Å². The minimum atomic E-state index is -1.24. The van der Waals surface area contributed by atoms with Gasteiger partial charge in [0.1, 0.15) is 0 Å². The Morgan fingerprint density at radius 2 is 1.00 bits per heavy atom. The van der Waals surface area contributed by atoms with Crippen molar-refractivity contribution in [2.75, 3.05) is 0 Å². The highest BCUT2D eigenvalue weighted by Gasteiger charge is 2.30. The van der Waals surface area contributed by atoms with E-state index in [1.807, 2.05) is 0 Å². The molecule has 0 radical (unpaired) electrons. The van der Waals surface area contributed by atoms with Gasteiger partial charge in [0.2, 0.25) is 0 Å². The SMILES string of the molecule is O=C(NN(C(=O)O)C1CCCCC1)NN(C(=O)O)C1CCCCC1. The first kappa shape index (κ1) is 18.2. The number of carbonyl (C=O) groups excluding carboxylic acids is 1. The third-order valence-electron chi connectivity index (χ3n) is 4.74. The second-order valence-electron chi connectivity index (χ2n) is 6.44. The van der Waals surface area contributed by atoms with Crippen molar-refractivity contribution in [1.29, 1.82) is 0 Å². The van der Waals surface area contributed by atoms with Crippen LogP contribution in [0.4, 0.5) is 14.4 Å². The molecule has 2 fully saturated rings. The first-order chi connectivity index (χ1) is 11.5. The molecule has 0 saturated heterocycles. The number of amides is 4. The Bertz CT molecular complexity index is 421. The van der Waals surface area contributed by atoms with Crippen molar-refractivity contribution in [3.05, 3.63) is 0 Å². The summed E-state index contributed by atoms with van der Waals surface area (Å²) in [5.41, 5.74) is 4.58. The Morgan fingerprint density at radius 1 is 0.667 bits per heavy atom. The van der Waals surface area contributed by atoms with Gasteiger partial charge in [-0.15, -0.1) is 0 Å². The molecule has 9 heteroatoms. The van der Waals surface area contributed by atoms with Crippen LogP contribution in [0.1, 0.15) is 64.2 Å². The fourth-order valence-electron chi connectivity index (χ4n) is 3.51. The van der Waals surface area contributed by atoms with Crippen LogP contribution in [0.3, 0.4) is 0 Å². The zero-order valence-corrected chi connectivity index (χ0v) is 13.7. The molecule has 9 nitrogen and oxygen atoms in total. The third kappa shape index (κ3) is 4.90. The predicted molar refractivity (Wildman–Crippen MR) is 85.1 cm³/mol. The molecular formula is C15H26N4O5. The van der Waals surface area contributed by atoms with Crippen LogP contribution in [0.25, 0.3) is 0 Å². The van der Waals surface area contributed by atoms with Gasteiger partial charge in [0, 0.05) is 0 Å². The fourth-order valence-corrected chi connectivity index (χ4v) is 3.51. The monoisotopic (exact) mass is 342 g/mol. The summed E-state index contributed by atoms with van der Waals surface area (Å²) in [6, 6.07) is -1.37. The second-order valence-corrected chi connectivity index (χ2v) is 6.44. The van der Waals surface area contributed by atoms with E-state index in [4.69, 9.17) is 0 Å². The molecular weight excluding hydrogens is 316 g/mol. The van der Waals surface area contributed by atoms with Crippen LogP contribution in [0.2, 0.25) is 0 Å². The third-order valence-corrected chi connectivity index (χ3v) is 4.74. The molecule has 0 aromatic rings. The summed E-state index contributed by atoms with van der Waals surface area (Å²) in [5.74, 6) is 0. The molecule has 2 saturated carbocycles.